The number of hydrogen-bond acceptors (Lipinski definition) is 10. The van der Waals surface area contributed by atoms with Crippen LogP contribution < -0.4 is 0 Å². The Bertz CT molecular complexity index is 1330. The SMILES string of the molecule is CCCCCSc1nc(Cl)nc2c1ncn2[C@@H]1O[C@H](COC(Cc2ccccc2)(C(=O)OCC)C(=O)OCC)C[C@@H]1F. The van der Waals surface area contributed by atoms with E-state index in [1.807, 2.05) is 6.07 Å². The highest BCUT2D eigenvalue weighted by Crippen LogP contribution is 2.36. The summed E-state index contributed by atoms with van der Waals surface area (Å²) in [5.74, 6) is -0.913. The number of alkyl halides is 1. The molecule has 228 valence electrons. The Labute approximate surface area is 253 Å². The van der Waals surface area contributed by atoms with E-state index in [9.17, 15) is 9.59 Å². The van der Waals surface area contributed by atoms with E-state index in [1.54, 1.807) is 38.1 Å². The number of rotatable bonds is 15. The fraction of sp³-hybridized carbons (Fsp3) is 0.552. The summed E-state index contributed by atoms with van der Waals surface area (Å²) in [5, 5.41) is 0.660. The summed E-state index contributed by atoms with van der Waals surface area (Å²) in [5.41, 5.74) is -0.550. The largest absolute Gasteiger partial charge is 0.463 e. The minimum Gasteiger partial charge on any atom is -0.463 e. The van der Waals surface area contributed by atoms with Crippen LogP contribution in [-0.2, 0) is 35.0 Å². The lowest BCUT2D eigenvalue weighted by Gasteiger charge is -2.30. The molecule has 0 radical (unpaired) electrons. The topological polar surface area (TPSA) is 115 Å². The van der Waals surface area contributed by atoms with Gasteiger partial charge in [0.05, 0.1) is 32.3 Å². The molecule has 3 aromatic rings. The molecule has 4 rings (SSSR count). The zero-order valence-corrected chi connectivity index (χ0v) is 25.5. The van der Waals surface area contributed by atoms with Crippen molar-refractivity contribution in [1.29, 1.82) is 0 Å². The molecule has 1 aliphatic rings. The van der Waals surface area contributed by atoms with Crippen LogP contribution in [0.5, 0.6) is 0 Å². The Morgan fingerprint density at radius 2 is 1.83 bits per heavy atom. The molecule has 1 aromatic carbocycles. The number of esters is 2. The fourth-order valence-corrected chi connectivity index (χ4v) is 5.92. The van der Waals surface area contributed by atoms with Gasteiger partial charge in [-0.1, -0.05) is 50.1 Å². The Hall–Kier alpha value is -2.80. The second kappa shape index (κ2) is 15.1. The number of ether oxygens (including phenoxy) is 4. The van der Waals surface area contributed by atoms with Gasteiger partial charge in [0.2, 0.25) is 5.28 Å². The molecule has 0 unspecified atom stereocenters. The fourth-order valence-electron chi connectivity index (χ4n) is 4.74. The van der Waals surface area contributed by atoms with Crippen LogP contribution in [0.4, 0.5) is 4.39 Å². The lowest BCUT2D eigenvalue weighted by Crippen LogP contribution is -2.54. The molecule has 42 heavy (non-hydrogen) atoms. The number of halogens is 2. The van der Waals surface area contributed by atoms with Gasteiger partial charge < -0.3 is 18.9 Å². The molecule has 13 heteroatoms. The average molecular weight is 623 g/mol. The first-order valence-electron chi connectivity index (χ1n) is 14.2. The quantitative estimate of drug-likeness (QED) is 0.0536. The lowest BCUT2D eigenvalue weighted by atomic mass is 9.94. The summed E-state index contributed by atoms with van der Waals surface area (Å²) in [6, 6.07) is 8.93. The van der Waals surface area contributed by atoms with Crippen LogP contribution in [0.25, 0.3) is 11.2 Å². The first-order valence-corrected chi connectivity index (χ1v) is 15.5. The Kier molecular flexibility index (Phi) is 11.5. The molecule has 3 atom stereocenters. The van der Waals surface area contributed by atoms with E-state index in [2.05, 4.69) is 21.9 Å². The van der Waals surface area contributed by atoms with Crippen molar-refractivity contribution in [3.63, 3.8) is 0 Å². The van der Waals surface area contributed by atoms with Crippen LogP contribution in [0.1, 0.15) is 58.2 Å². The van der Waals surface area contributed by atoms with Gasteiger partial charge in [0.15, 0.2) is 11.9 Å². The highest BCUT2D eigenvalue weighted by molar-refractivity contribution is 7.99. The number of unbranched alkanes of at least 4 members (excludes halogenated alkanes) is 2. The summed E-state index contributed by atoms with van der Waals surface area (Å²) in [6.45, 7) is 5.20. The molecule has 3 heterocycles. The maximum Gasteiger partial charge on any atom is 0.350 e. The third-order valence-electron chi connectivity index (χ3n) is 6.77. The molecular formula is C29H36ClFN4O6S. The van der Waals surface area contributed by atoms with E-state index in [0.717, 1.165) is 25.0 Å². The number of thioether (sulfide) groups is 1. The number of nitrogens with zero attached hydrogens (tertiary/aromatic N) is 4. The first kappa shape index (κ1) is 32.1. The summed E-state index contributed by atoms with van der Waals surface area (Å²) < 4.78 is 39.5. The van der Waals surface area contributed by atoms with E-state index >= 15 is 4.39 Å². The Morgan fingerprint density at radius 3 is 2.50 bits per heavy atom. The molecule has 0 N–H and O–H groups in total. The van der Waals surface area contributed by atoms with Gasteiger partial charge in [0.25, 0.3) is 5.60 Å². The maximum atomic E-state index is 15.4. The van der Waals surface area contributed by atoms with Crippen molar-refractivity contribution in [3.8, 4) is 0 Å². The molecule has 1 aliphatic heterocycles. The molecule has 0 aliphatic carbocycles. The Balaban J connectivity index is 1.54. The minimum atomic E-state index is -2.09. The second-order valence-electron chi connectivity index (χ2n) is 9.82. The van der Waals surface area contributed by atoms with Crippen molar-refractivity contribution in [1.82, 2.24) is 19.5 Å². The van der Waals surface area contributed by atoms with E-state index in [1.165, 1.54) is 22.7 Å². The molecule has 0 amide bonds. The monoisotopic (exact) mass is 622 g/mol. The number of hydrogen-bond donors (Lipinski definition) is 0. The van der Waals surface area contributed by atoms with Gasteiger partial charge in [0, 0.05) is 12.8 Å². The number of carbonyl (C=O) groups excluding carboxylic acids is 2. The average Bonchev–Trinajstić information content (AvgIpc) is 3.56. The van der Waals surface area contributed by atoms with E-state index < -0.39 is 36.0 Å². The summed E-state index contributed by atoms with van der Waals surface area (Å²) >= 11 is 7.76. The van der Waals surface area contributed by atoms with E-state index in [4.69, 9.17) is 30.5 Å². The summed E-state index contributed by atoms with van der Waals surface area (Å²) in [4.78, 5) is 39.5. The number of fused-ring (bicyclic) bond motifs is 1. The van der Waals surface area contributed by atoms with Crippen LogP contribution in [0.15, 0.2) is 41.7 Å². The molecule has 0 bridgehead atoms. The van der Waals surface area contributed by atoms with Crippen molar-refractivity contribution >= 4 is 46.5 Å². The van der Waals surface area contributed by atoms with E-state index in [-0.39, 0.29) is 37.9 Å². The van der Waals surface area contributed by atoms with Crippen LogP contribution >= 0.6 is 23.4 Å². The maximum absolute atomic E-state index is 15.4. The van der Waals surface area contributed by atoms with Gasteiger partial charge in [-0.3, -0.25) is 4.57 Å². The molecule has 0 spiro atoms. The third kappa shape index (κ3) is 7.39. The summed E-state index contributed by atoms with van der Waals surface area (Å²) in [7, 11) is 0. The molecule has 10 nitrogen and oxygen atoms in total. The van der Waals surface area contributed by atoms with Crippen molar-refractivity contribution in [2.75, 3.05) is 25.6 Å². The van der Waals surface area contributed by atoms with Crippen LogP contribution in [0.2, 0.25) is 5.28 Å². The zero-order chi connectivity index (χ0) is 30.1. The summed E-state index contributed by atoms with van der Waals surface area (Å²) in [6.07, 6.45) is 1.21. The van der Waals surface area contributed by atoms with Gasteiger partial charge in [0.1, 0.15) is 16.7 Å². The van der Waals surface area contributed by atoms with Gasteiger partial charge >= 0.3 is 11.9 Å². The standard InChI is InChI=1S/C29H36ClFN4O6S/c1-4-7-11-14-42-24-22-23(33-28(30)34-24)35(18-32-22)25-21(31)15-20(41-25)17-40-29(26(36)38-5-2,27(37)39-6-3)16-19-12-9-8-10-13-19/h8-10,12-13,18,20-21,25H,4-7,11,14-17H2,1-3H3/t20-,21-,25+/m0/s1. The van der Waals surface area contributed by atoms with Crippen LogP contribution in [0.3, 0.4) is 0 Å². The number of imidazole rings is 1. The number of carbonyl (C=O) groups is 2. The van der Waals surface area contributed by atoms with Crippen molar-refractivity contribution in [3.05, 3.63) is 47.5 Å². The highest BCUT2D eigenvalue weighted by Gasteiger charge is 2.52. The van der Waals surface area contributed by atoms with Crippen LogP contribution in [-0.4, -0.2) is 74.9 Å². The zero-order valence-electron chi connectivity index (χ0n) is 24.0. The lowest BCUT2D eigenvalue weighted by molar-refractivity contribution is -0.195. The molecule has 0 saturated carbocycles. The number of aromatic nitrogens is 4. The van der Waals surface area contributed by atoms with Crippen molar-refractivity contribution in [2.45, 2.75) is 82.0 Å². The van der Waals surface area contributed by atoms with Gasteiger partial charge in [-0.05, 0) is 43.2 Å². The highest BCUT2D eigenvalue weighted by atomic mass is 35.5. The predicted molar refractivity (Wildman–Crippen MR) is 156 cm³/mol. The molecular weight excluding hydrogens is 587 g/mol. The molecule has 1 saturated heterocycles. The Morgan fingerprint density at radius 1 is 1.12 bits per heavy atom. The third-order valence-corrected chi connectivity index (χ3v) is 7.99. The van der Waals surface area contributed by atoms with Crippen LogP contribution in [0, 0.1) is 0 Å². The van der Waals surface area contributed by atoms with Gasteiger partial charge in [-0.25, -0.2) is 23.9 Å². The smallest absolute Gasteiger partial charge is 0.350 e. The molecule has 1 fully saturated rings. The van der Waals surface area contributed by atoms with Crippen molar-refractivity contribution < 1.29 is 32.9 Å². The van der Waals surface area contributed by atoms with Gasteiger partial charge in [-0.15, -0.1) is 11.8 Å². The molecule has 2 aromatic heterocycles. The predicted octanol–water partition coefficient (Wildman–Crippen LogP) is 5.51. The van der Waals surface area contributed by atoms with Gasteiger partial charge in [-0.2, -0.15) is 4.98 Å². The second-order valence-corrected chi connectivity index (χ2v) is 11.2. The first-order chi connectivity index (χ1) is 20.3. The van der Waals surface area contributed by atoms with Crippen molar-refractivity contribution in [2.24, 2.45) is 0 Å². The van der Waals surface area contributed by atoms with E-state index in [0.29, 0.717) is 21.8 Å². The normalized spacial score (nSPS) is 18.8. The number of benzene rings is 1. The minimum absolute atomic E-state index is 0.0314.